The summed E-state index contributed by atoms with van der Waals surface area (Å²) in [4.78, 5) is 0. The zero-order valence-electron chi connectivity index (χ0n) is 12.2. The van der Waals surface area contributed by atoms with Crippen molar-refractivity contribution in [3.63, 3.8) is 0 Å². The first-order valence-electron chi connectivity index (χ1n) is 6.88. The highest BCUT2D eigenvalue weighted by molar-refractivity contribution is 6.17. The van der Waals surface area contributed by atoms with Crippen LogP contribution in [0.15, 0.2) is 18.2 Å². The Bertz CT molecular complexity index is 468. The normalized spacial score (nSPS) is 16.6. The molecule has 0 bridgehead atoms. The molecule has 0 amide bonds. The predicted molar refractivity (Wildman–Crippen MR) is 87.5 cm³/mol. The third-order valence-electron chi connectivity index (χ3n) is 4.21. The fourth-order valence-electron chi connectivity index (χ4n) is 3.24. The monoisotopic (exact) mass is 315 g/mol. The Balaban J connectivity index is 0.00000200. The van der Waals surface area contributed by atoms with Gasteiger partial charge in [-0.25, -0.2) is 0 Å². The minimum absolute atomic E-state index is 0. The molecule has 0 atom stereocenters. The summed E-state index contributed by atoms with van der Waals surface area (Å²) in [6, 6.07) is 6.61. The fourth-order valence-corrected chi connectivity index (χ4v) is 3.40. The lowest BCUT2D eigenvalue weighted by Crippen LogP contribution is -2.26. The van der Waals surface area contributed by atoms with E-state index in [1.54, 1.807) is 7.11 Å². The lowest BCUT2D eigenvalue weighted by molar-refractivity contribution is 0.350. The largest absolute Gasteiger partial charge is 0.484 e. The van der Waals surface area contributed by atoms with Crippen molar-refractivity contribution in [3.05, 3.63) is 34.9 Å². The second-order valence-corrected chi connectivity index (χ2v) is 5.90. The quantitative estimate of drug-likeness (QED) is 0.474. The van der Waals surface area contributed by atoms with Crippen LogP contribution in [-0.4, -0.2) is 13.0 Å². The molecule has 1 fully saturated rings. The SMILES string of the molecule is COC(=N)CC1(c2cc(C)cc(CCl)c2)CCCC1.Cl. The van der Waals surface area contributed by atoms with E-state index in [2.05, 4.69) is 25.1 Å². The standard InChI is InChI=1S/C16H22ClNO.ClH/c1-12-7-13(11-17)9-14(8-12)16(5-3-4-6-16)10-15(18)19-2;/h7-9,18H,3-6,10-11H2,1-2H3;1H. The van der Waals surface area contributed by atoms with Crippen molar-refractivity contribution in [1.82, 2.24) is 0 Å². The van der Waals surface area contributed by atoms with E-state index in [0.717, 1.165) is 12.8 Å². The van der Waals surface area contributed by atoms with Crippen LogP contribution in [0.3, 0.4) is 0 Å². The van der Waals surface area contributed by atoms with Gasteiger partial charge in [0.15, 0.2) is 5.90 Å². The van der Waals surface area contributed by atoms with E-state index in [4.69, 9.17) is 21.7 Å². The second-order valence-electron chi connectivity index (χ2n) is 5.63. The minimum atomic E-state index is 0. The fraction of sp³-hybridized carbons (Fsp3) is 0.562. The van der Waals surface area contributed by atoms with E-state index in [1.165, 1.54) is 29.5 Å². The first kappa shape index (κ1) is 17.3. The van der Waals surface area contributed by atoms with Gasteiger partial charge in [0.1, 0.15) is 0 Å². The summed E-state index contributed by atoms with van der Waals surface area (Å²) in [5, 5.41) is 7.88. The molecule has 0 spiro atoms. The zero-order valence-corrected chi connectivity index (χ0v) is 13.7. The molecule has 0 unspecified atom stereocenters. The van der Waals surface area contributed by atoms with E-state index in [0.29, 0.717) is 18.2 Å². The van der Waals surface area contributed by atoms with Crippen LogP contribution in [0.5, 0.6) is 0 Å². The summed E-state index contributed by atoms with van der Waals surface area (Å²) < 4.78 is 5.10. The molecule has 1 saturated carbocycles. The summed E-state index contributed by atoms with van der Waals surface area (Å²) in [7, 11) is 1.59. The van der Waals surface area contributed by atoms with Gasteiger partial charge in [-0.05, 0) is 30.9 Å². The lowest BCUT2D eigenvalue weighted by atomic mass is 9.75. The first-order chi connectivity index (χ1) is 9.09. The van der Waals surface area contributed by atoms with Gasteiger partial charge in [0.05, 0.1) is 7.11 Å². The maximum Gasteiger partial charge on any atom is 0.180 e. The minimum Gasteiger partial charge on any atom is -0.484 e. The smallest absolute Gasteiger partial charge is 0.180 e. The van der Waals surface area contributed by atoms with Crippen molar-refractivity contribution < 1.29 is 4.74 Å². The molecule has 1 aliphatic carbocycles. The molecule has 0 heterocycles. The van der Waals surface area contributed by atoms with E-state index >= 15 is 0 Å². The number of hydrogen-bond acceptors (Lipinski definition) is 2. The molecular weight excluding hydrogens is 293 g/mol. The van der Waals surface area contributed by atoms with Gasteiger partial charge in [-0.1, -0.05) is 36.6 Å². The van der Waals surface area contributed by atoms with Crippen LogP contribution >= 0.6 is 24.0 Å². The van der Waals surface area contributed by atoms with Crippen molar-refractivity contribution in [1.29, 1.82) is 5.41 Å². The Hall–Kier alpha value is -0.730. The van der Waals surface area contributed by atoms with Crippen LogP contribution in [0.25, 0.3) is 0 Å². The molecule has 112 valence electrons. The van der Waals surface area contributed by atoms with Crippen LogP contribution in [0, 0.1) is 12.3 Å². The van der Waals surface area contributed by atoms with Crippen molar-refractivity contribution >= 4 is 29.9 Å². The molecule has 2 nitrogen and oxygen atoms in total. The number of methoxy groups -OCH3 is 1. The summed E-state index contributed by atoms with van der Waals surface area (Å²) in [6.45, 7) is 2.11. The number of ether oxygens (including phenoxy) is 1. The van der Waals surface area contributed by atoms with Crippen LogP contribution in [0.4, 0.5) is 0 Å². The van der Waals surface area contributed by atoms with Crippen LogP contribution < -0.4 is 0 Å². The summed E-state index contributed by atoms with van der Waals surface area (Å²) in [5.74, 6) is 0.933. The maximum atomic E-state index is 7.88. The van der Waals surface area contributed by atoms with Crippen LogP contribution in [0.1, 0.15) is 48.8 Å². The van der Waals surface area contributed by atoms with Gasteiger partial charge < -0.3 is 4.74 Å². The molecule has 1 N–H and O–H groups in total. The predicted octanol–water partition coefficient (Wildman–Crippen LogP) is 4.98. The molecule has 0 saturated heterocycles. The Labute approximate surface area is 132 Å². The molecular formula is C16H23Cl2NO. The lowest BCUT2D eigenvalue weighted by Gasteiger charge is -2.30. The van der Waals surface area contributed by atoms with Gasteiger partial charge in [0, 0.05) is 17.7 Å². The number of rotatable bonds is 4. The highest BCUT2D eigenvalue weighted by Crippen LogP contribution is 2.44. The molecule has 0 radical (unpaired) electrons. The Morgan fingerprint density at radius 1 is 1.30 bits per heavy atom. The van der Waals surface area contributed by atoms with E-state index in [-0.39, 0.29) is 17.8 Å². The third kappa shape index (κ3) is 3.67. The van der Waals surface area contributed by atoms with Crippen molar-refractivity contribution in [3.8, 4) is 0 Å². The molecule has 1 aromatic rings. The average Bonchev–Trinajstić information content (AvgIpc) is 2.87. The van der Waals surface area contributed by atoms with Gasteiger partial charge in [-0.15, -0.1) is 24.0 Å². The van der Waals surface area contributed by atoms with Crippen molar-refractivity contribution in [2.24, 2.45) is 0 Å². The van der Waals surface area contributed by atoms with E-state index < -0.39 is 0 Å². The maximum absolute atomic E-state index is 7.88. The Kier molecular flexibility index (Phi) is 6.35. The molecule has 0 aromatic heterocycles. The molecule has 4 heteroatoms. The number of hydrogen-bond donors (Lipinski definition) is 1. The second kappa shape index (κ2) is 7.33. The van der Waals surface area contributed by atoms with Crippen LogP contribution in [-0.2, 0) is 16.0 Å². The van der Waals surface area contributed by atoms with Crippen molar-refractivity contribution in [2.75, 3.05) is 7.11 Å². The zero-order chi connectivity index (χ0) is 13.9. The molecule has 1 aromatic carbocycles. The molecule has 2 rings (SSSR count). The number of aryl methyl sites for hydroxylation is 1. The van der Waals surface area contributed by atoms with Gasteiger partial charge in [0.2, 0.25) is 0 Å². The third-order valence-corrected chi connectivity index (χ3v) is 4.52. The van der Waals surface area contributed by atoms with Crippen molar-refractivity contribution in [2.45, 2.75) is 50.3 Å². The number of halogens is 2. The van der Waals surface area contributed by atoms with Gasteiger partial charge in [-0.2, -0.15) is 0 Å². The molecule has 1 aliphatic rings. The number of alkyl halides is 1. The highest BCUT2D eigenvalue weighted by Gasteiger charge is 2.37. The van der Waals surface area contributed by atoms with Gasteiger partial charge in [0.25, 0.3) is 0 Å². The summed E-state index contributed by atoms with van der Waals surface area (Å²) in [6.07, 6.45) is 5.46. The first-order valence-corrected chi connectivity index (χ1v) is 7.41. The molecule has 20 heavy (non-hydrogen) atoms. The van der Waals surface area contributed by atoms with Crippen LogP contribution in [0.2, 0.25) is 0 Å². The topological polar surface area (TPSA) is 33.1 Å². The molecule has 0 aliphatic heterocycles. The average molecular weight is 316 g/mol. The summed E-state index contributed by atoms with van der Waals surface area (Å²) in [5.41, 5.74) is 3.85. The Morgan fingerprint density at radius 3 is 2.50 bits per heavy atom. The number of nitrogens with one attached hydrogen (secondary N) is 1. The van der Waals surface area contributed by atoms with E-state index in [1.807, 2.05) is 0 Å². The highest BCUT2D eigenvalue weighted by atomic mass is 35.5. The van der Waals surface area contributed by atoms with E-state index in [9.17, 15) is 0 Å². The van der Waals surface area contributed by atoms with Gasteiger partial charge >= 0.3 is 0 Å². The van der Waals surface area contributed by atoms with Gasteiger partial charge in [-0.3, -0.25) is 5.41 Å². The number of benzene rings is 1. The summed E-state index contributed by atoms with van der Waals surface area (Å²) >= 11 is 5.99. The Morgan fingerprint density at radius 2 is 1.95 bits per heavy atom.